The summed E-state index contributed by atoms with van der Waals surface area (Å²) < 4.78 is 0. The second kappa shape index (κ2) is 6.08. The van der Waals surface area contributed by atoms with Crippen LogP contribution in [-0.4, -0.2) is 27.5 Å². The average Bonchev–Trinajstić information content (AvgIpc) is 3.22. The van der Waals surface area contributed by atoms with Gasteiger partial charge >= 0.3 is 0 Å². The number of nitrogens with zero attached hydrogens (tertiary/aromatic N) is 2. The minimum atomic E-state index is 0.110. The van der Waals surface area contributed by atoms with E-state index in [1.165, 1.54) is 16.7 Å². The second-order valence-corrected chi connectivity index (χ2v) is 7.26. The van der Waals surface area contributed by atoms with Gasteiger partial charge in [0, 0.05) is 18.2 Å². The predicted octanol–water partition coefficient (Wildman–Crippen LogP) is 3.50. The molecule has 2 unspecified atom stereocenters. The number of aryl methyl sites for hydroxylation is 3. The van der Waals surface area contributed by atoms with E-state index in [-0.39, 0.29) is 12.0 Å². The van der Waals surface area contributed by atoms with Crippen molar-refractivity contribution in [1.29, 1.82) is 0 Å². The summed E-state index contributed by atoms with van der Waals surface area (Å²) >= 11 is 0. The standard InChI is InChI=1S/C20H25N3O/c1-13-6-3-4-7-16(13)19-8-5-11-23(19)20(24)15-9-10-18-17(12-15)14(2)21-22-18/h3-4,6-7,15,19H,5,8-12H2,1-2H3,(H,21,22). The van der Waals surface area contributed by atoms with E-state index in [4.69, 9.17) is 0 Å². The Labute approximate surface area is 143 Å². The van der Waals surface area contributed by atoms with Crippen molar-refractivity contribution in [3.05, 3.63) is 52.3 Å². The maximum Gasteiger partial charge on any atom is 0.226 e. The van der Waals surface area contributed by atoms with Crippen molar-refractivity contribution in [3.8, 4) is 0 Å². The highest BCUT2D eigenvalue weighted by Gasteiger charge is 2.36. The normalized spacial score (nSPS) is 23.3. The van der Waals surface area contributed by atoms with Crippen LogP contribution in [0.3, 0.4) is 0 Å². The summed E-state index contributed by atoms with van der Waals surface area (Å²) in [6.45, 7) is 5.11. The van der Waals surface area contributed by atoms with Crippen LogP contribution in [0.25, 0.3) is 0 Å². The highest BCUT2D eigenvalue weighted by Crippen LogP contribution is 2.36. The summed E-state index contributed by atoms with van der Waals surface area (Å²) in [5.41, 5.74) is 6.16. The molecule has 1 fully saturated rings. The molecule has 0 saturated carbocycles. The van der Waals surface area contributed by atoms with Gasteiger partial charge in [-0.05, 0) is 62.6 Å². The zero-order valence-electron chi connectivity index (χ0n) is 14.5. The minimum absolute atomic E-state index is 0.110. The first kappa shape index (κ1) is 15.4. The highest BCUT2D eigenvalue weighted by atomic mass is 16.2. The number of amides is 1. The van der Waals surface area contributed by atoms with E-state index in [0.717, 1.165) is 50.0 Å². The van der Waals surface area contributed by atoms with Crippen LogP contribution in [0.5, 0.6) is 0 Å². The molecule has 2 heterocycles. The van der Waals surface area contributed by atoms with Crippen LogP contribution in [0.1, 0.15) is 53.4 Å². The van der Waals surface area contributed by atoms with Gasteiger partial charge in [0.15, 0.2) is 0 Å². The fraction of sp³-hybridized carbons (Fsp3) is 0.500. The molecule has 1 aliphatic carbocycles. The molecule has 1 aromatic heterocycles. The average molecular weight is 323 g/mol. The van der Waals surface area contributed by atoms with Crippen molar-refractivity contribution in [1.82, 2.24) is 15.1 Å². The molecule has 2 atom stereocenters. The van der Waals surface area contributed by atoms with Gasteiger partial charge < -0.3 is 4.90 Å². The number of aromatic nitrogens is 2. The van der Waals surface area contributed by atoms with Crippen LogP contribution in [-0.2, 0) is 17.6 Å². The van der Waals surface area contributed by atoms with E-state index in [0.29, 0.717) is 5.91 Å². The Bertz CT molecular complexity index is 764. The number of carbonyl (C=O) groups is 1. The van der Waals surface area contributed by atoms with Gasteiger partial charge in [-0.3, -0.25) is 9.89 Å². The van der Waals surface area contributed by atoms with Gasteiger partial charge in [0.1, 0.15) is 0 Å². The summed E-state index contributed by atoms with van der Waals surface area (Å²) in [6, 6.07) is 8.75. The number of fused-ring (bicyclic) bond motifs is 1. The third kappa shape index (κ3) is 2.54. The van der Waals surface area contributed by atoms with Crippen molar-refractivity contribution in [3.63, 3.8) is 0 Å². The molecule has 1 amide bonds. The topological polar surface area (TPSA) is 49.0 Å². The van der Waals surface area contributed by atoms with Gasteiger partial charge in [0.25, 0.3) is 0 Å². The lowest BCUT2D eigenvalue weighted by Gasteiger charge is -2.31. The zero-order valence-corrected chi connectivity index (χ0v) is 14.5. The number of hydrogen-bond donors (Lipinski definition) is 1. The number of hydrogen-bond acceptors (Lipinski definition) is 2. The molecule has 2 aromatic rings. The number of rotatable bonds is 2. The van der Waals surface area contributed by atoms with Gasteiger partial charge in [0.05, 0.1) is 11.7 Å². The minimum Gasteiger partial charge on any atom is -0.335 e. The summed E-state index contributed by atoms with van der Waals surface area (Å²) in [6.07, 6.45) is 4.87. The fourth-order valence-electron chi connectivity index (χ4n) is 4.40. The van der Waals surface area contributed by atoms with E-state index in [1.807, 2.05) is 0 Å². The molecule has 4 nitrogen and oxygen atoms in total. The summed E-state index contributed by atoms with van der Waals surface area (Å²) in [5.74, 6) is 0.449. The van der Waals surface area contributed by atoms with E-state index < -0.39 is 0 Å². The largest absolute Gasteiger partial charge is 0.335 e. The third-order valence-electron chi connectivity index (χ3n) is 5.77. The molecule has 2 aliphatic rings. The van der Waals surface area contributed by atoms with Gasteiger partial charge in [-0.1, -0.05) is 24.3 Å². The van der Waals surface area contributed by atoms with Crippen LogP contribution in [0.2, 0.25) is 0 Å². The lowest BCUT2D eigenvalue weighted by Crippen LogP contribution is -2.38. The predicted molar refractivity (Wildman–Crippen MR) is 93.7 cm³/mol. The fourth-order valence-corrected chi connectivity index (χ4v) is 4.40. The van der Waals surface area contributed by atoms with Crippen molar-refractivity contribution in [2.75, 3.05) is 6.54 Å². The molecule has 0 radical (unpaired) electrons. The lowest BCUT2D eigenvalue weighted by atomic mass is 9.85. The van der Waals surface area contributed by atoms with Crippen LogP contribution in [0, 0.1) is 19.8 Å². The molecular formula is C20H25N3O. The van der Waals surface area contributed by atoms with E-state index >= 15 is 0 Å². The Morgan fingerprint density at radius 2 is 2.08 bits per heavy atom. The first-order valence-corrected chi connectivity index (χ1v) is 9.04. The Balaban J connectivity index is 1.56. The smallest absolute Gasteiger partial charge is 0.226 e. The number of likely N-dealkylation sites (tertiary alicyclic amines) is 1. The van der Waals surface area contributed by atoms with Crippen molar-refractivity contribution in [2.24, 2.45) is 5.92 Å². The molecule has 0 spiro atoms. The maximum atomic E-state index is 13.2. The van der Waals surface area contributed by atoms with Crippen molar-refractivity contribution >= 4 is 5.91 Å². The Morgan fingerprint density at radius 1 is 1.25 bits per heavy atom. The molecule has 1 aromatic carbocycles. The molecule has 1 saturated heterocycles. The molecule has 126 valence electrons. The van der Waals surface area contributed by atoms with Crippen LogP contribution in [0.4, 0.5) is 0 Å². The number of carbonyl (C=O) groups excluding carboxylic acids is 1. The number of H-pyrrole nitrogens is 1. The molecule has 0 bridgehead atoms. The van der Waals surface area contributed by atoms with Crippen LogP contribution >= 0.6 is 0 Å². The molecule has 1 N–H and O–H groups in total. The van der Waals surface area contributed by atoms with E-state index in [9.17, 15) is 4.79 Å². The van der Waals surface area contributed by atoms with Gasteiger partial charge in [-0.25, -0.2) is 0 Å². The third-order valence-corrected chi connectivity index (χ3v) is 5.77. The molecule has 4 heteroatoms. The monoisotopic (exact) mass is 323 g/mol. The van der Waals surface area contributed by atoms with Crippen LogP contribution < -0.4 is 0 Å². The quantitative estimate of drug-likeness (QED) is 0.919. The van der Waals surface area contributed by atoms with Crippen molar-refractivity contribution in [2.45, 2.75) is 52.0 Å². The highest BCUT2D eigenvalue weighted by molar-refractivity contribution is 5.80. The van der Waals surface area contributed by atoms with E-state index in [1.54, 1.807) is 0 Å². The molecular weight excluding hydrogens is 298 g/mol. The molecule has 24 heavy (non-hydrogen) atoms. The maximum absolute atomic E-state index is 13.2. The Morgan fingerprint density at radius 3 is 2.92 bits per heavy atom. The molecule has 1 aliphatic heterocycles. The van der Waals surface area contributed by atoms with Crippen LogP contribution in [0.15, 0.2) is 24.3 Å². The van der Waals surface area contributed by atoms with Crippen molar-refractivity contribution < 1.29 is 4.79 Å². The number of nitrogens with one attached hydrogen (secondary N) is 1. The zero-order chi connectivity index (χ0) is 16.7. The number of benzene rings is 1. The van der Waals surface area contributed by atoms with Gasteiger partial charge in [-0.2, -0.15) is 5.10 Å². The SMILES string of the molecule is Cc1ccccc1C1CCCN1C(=O)C1CCc2n[nH]c(C)c2C1. The van der Waals surface area contributed by atoms with Gasteiger partial charge in [-0.15, -0.1) is 0 Å². The van der Waals surface area contributed by atoms with E-state index in [2.05, 4.69) is 53.2 Å². The summed E-state index contributed by atoms with van der Waals surface area (Å²) in [4.78, 5) is 15.4. The summed E-state index contributed by atoms with van der Waals surface area (Å²) in [5, 5.41) is 7.45. The second-order valence-electron chi connectivity index (χ2n) is 7.26. The van der Waals surface area contributed by atoms with Gasteiger partial charge in [0.2, 0.25) is 5.91 Å². The lowest BCUT2D eigenvalue weighted by molar-refractivity contribution is -0.136. The summed E-state index contributed by atoms with van der Waals surface area (Å²) in [7, 11) is 0. The molecule has 4 rings (SSSR count). The number of aromatic amines is 1. The Hall–Kier alpha value is -2.10. The first-order chi connectivity index (χ1) is 11.6. The Kier molecular flexibility index (Phi) is 3.91. The first-order valence-electron chi connectivity index (χ1n) is 9.04.